The Morgan fingerprint density at radius 2 is 2.09 bits per heavy atom. The second-order valence-corrected chi connectivity index (χ2v) is 8.52. The number of thioether (sulfide) groups is 1. The highest BCUT2D eigenvalue weighted by atomic mass is 32.2. The van der Waals surface area contributed by atoms with E-state index in [4.69, 9.17) is 9.15 Å². The molecule has 2 aromatic rings. The Bertz CT molecular complexity index is 1160. The minimum atomic E-state index is -0.801. The van der Waals surface area contributed by atoms with Crippen LogP contribution < -0.4 is 5.32 Å². The quantitative estimate of drug-likeness (QED) is 0.462. The number of carbonyl (C=O) groups is 2. The van der Waals surface area contributed by atoms with Crippen LogP contribution in [0.25, 0.3) is 0 Å². The molecule has 3 rings (SSSR count). The van der Waals surface area contributed by atoms with Crippen molar-refractivity contribution in [3.05, 3.63) is 77.4 Å². The van der Waals surface area contributed by atoms with Gasteiger partial charge in [-0.05, 0) is 50.1 Å². The Labute approximate surface area is 197 Å². The van der Waals surface area contributed by atoms with Gasteiger partial charge in [0.05, 0.1) is 34.6 Å². The number of carbonyl (C=O) groups excluding carboxylic acids is 2. The SMILES string of the molecule is C=CCOC(=O)C1=C(C)N=C(SCC(=O)Nc2cccc(C)c2C)C(C#N)[C@@H]1c1ccco1. The molecule has 0 radical (unpaired) electrons. The van der Waals surface area contributed by atoms with Crippen LogP contribution in [0.5, 0.6) is 0 Å². The third kappa shape index (κ3) is 5.44. The topological polar surface area (TPSA) is 105 Å². The largest absolute Gasteiger partial charge is 0.469 e. The maximum absolute atomic E-state index is 12.8. The molecular formula is C25H25N3O4S. The summed E-state index contributed by atoms with van der Waals surface area (Å²) in [7, 11) is 0. The van der Waals surface area contributed by atoms with Crippen LogP contribution in [0.4, 0.5) is 5.69 Å². The van der Waals surface area contributed by atoms with Crippen molar-refractivity contribution < 1.29 is 18.7 Å². The van der Waals surface area contributed by atoms with Crippen molar-refractivity contribution in [3.63, 3.8) is 0 Å². The summed E-state index contributed by atoms with van der Waals surface area (Å²) in [6.45, 7) is 9.22. The Hall–Kier alpha value is -3.57. The molecule has 0 saturated heterocycles. The van der Waals surface area contributed by atoms with Crippen LogP contribution in [-0.2, 0) is 14.3 Å². The Morgan fingerprint density at radius 1 is 1.30 bits per heavy atom. The molecule has 170 valence electrons. The van der Waals surface area contributed by atoms with Crippen LogP contribution in [0, 0.1) is 31.1 Å². The fourth-order valence-corrected chi connectivity index (χ4v) is 4.48. The summed E-state index contributed by atoms with van der Waals surface area (Å²) in [5.41, 5.74) is 3.52. The lowest BCUT2D eigenvalue weighted by molar-refractivity contribution is -0.138. The molecule has 1 unspecified atom stereocenters. The fraction of sp³-hybridized carbons (Fsp3) is 0.280. The Balaban J connectivity index is 1.85. The summed E-state index contributed by atoms with van der Waals surface area (Å²) >= 11 is 1.18. The molecule has 33 heavy (non-hydrogen) atoms. The maximum Gasteiger partial charge on any atom is 0.336 e. The number of allylic oxidation sites excluding steroid dienone is 1. The van der Waals surface area contributed by atoms with Gasteiger partial charge >= 0.3 is 5.97 Å². The van der Waals surface area contributed by atoms with Gasteiger partial charge in [0.2, 0.25) is 5.91 Å². The molecule has 2 heterocycles. The zero-order valence-corrected chi connectivity index (χ0v) is 19.6. The minimum absolute atomic E-state index is 0.0432. The molecule has 1 N–H and O–H groups in total. The van der Waals surface area contributed by atoms with Crippen LogP contribution in [0.3, 0.4) is 0 Å². The minimum Gasteiger partial charge on any atom is -0.469 e. The van der Waals surface area contributed by atoms with E-state index in [9.17, 15) is 14.9 Å². The summed E-state index contributed by atoms with van der Waals surface area (Å²) in [5.74, 6) is -1.75. The van der Waals surface area contributed by atoms with Gasteiger partial charge in [-0.1, -0.05) is 36.5 Å². The van der Waals surface area contributed by atoms with E-state index in [2.05, 4.69) is 23.0 Å². The lowest BCUT2D eigenvalue weighted by Gasteiger charge is -2.28. The standard InChI is InChI=1S/C25H25N3O4S/c1-5-11-32-25(30)22-17(4)27-24(18(13-26)23(22)20-10-7-12-31-20)33-14-21(29)28-19-9-6-8-15(2)16(19)3/h5-10,12,18,23H,1,11,14H2,2-4H3,(H,28,29)/t18?,23-/m1/s1. The van der Waals surface area contributed by atoms with Crippen molar-refractivity contribution in [2.45, 2.75) is 26.7 Å². The molecule has 1 aromatic carbocycles. The maximum atomic E-state index is 12.8. The van der Waals surface area contributed by atoms with Gasteiger partial charge in [0.15, 0.2) is 0 Å². The molecular weight excluding hydrogens is 438 g/mol. The highest BCUT2D eigenvalue weighted by Gasteiger charge is 2.41. The molecule has 0 bridgehead atoms. The lowest BCUT2D eigenvalue weighted by atomic mass is 9.82. The number of furan rings is 1. The summed E-state index contributed by atoms with van der Waals surface area (Å²) in [6.07, 6.45) is 2.96. The van der Waals surface area contributed by atoms with Gasteiger partial charge in [0, 0.05) is 11.4 Å². The smallest absolute Gasteiger partial charge is 0.336 e. The van der Waals surface area contributed by atoms with Gasteiger partial charge in [-0.2, -0.15) is 5.26 Å². The van der Waals surface area contributed by atoms with E-state index in [1.165, 1.54) is 24.1 Å². The van der Waals surface area contributed by atoms with Crippen LogP contribution in [0.2, 0.25) is 0 Å². The van der Waals surface area contributed by atoms with Crippen molar-refractivity contribution >= 4 is 34.4 Å². The van der Waals surface area contributed by atoms with Crippen molar-refractivity contribution in [2.24, 2.45) is 10.9 Å². The second kappa shape index (κ2) is 10.8. The second-order valence-electron chi connectivity index (χ2n) is 7.52. The summed E-state index contributed by atoms with van der Waals surface area (Å²) in [5, 5.41) is 13.3. The number of ether oxygens (including phenoxy) is 1. The van der Waals surface area contributed by atoms with Gasteiger partial charge < -0.3 is 14.5 Å². The predicted octanol–water partition coefficient (Wildman–Crippen LogP) is 4.91. The van der Waals surface area contributed by atoms with Crippen LogP contribution in [-0.4, -0.2) is 29.3 Å². The summed E-state index contributed by atoms with van der Waals surface area (Å²) in [6, 6.07) is 11.4. The first-order valence-electron chi connectivity index (χ1n) is 10.4. The number of amides is 1. The van der Waals surface area contributed by atoms with E-state index in [1.807, 2.05) is 32.0 Å². The van der Waals surface area contributed by atoms with Crippen LogP contribution in [0.15, 0.2) is 69.9 Å². The molecule has 1 aliphatic rings. The van der Waals surface area contributed by atoms with Crippen molar-refractivity contribution in [3.8, 4) is 6.07 Å². The molecule has 1 amide bonds. The lowest BCUT2D eigenvalue weighted by Crippen LogP contribution is -2.30. The average Bonchev–Trinajstić information content (AvgIpc) is 3.33. The number of hydrogen-bond acceptors (Lipinski definition) is 7. The monoisotopic (exact) mass is 463 g/mol. The first-order chi connectivity index (χ1) is 15.9. The fourth-order valence-electron chi connectivity index (χ4n) is 3.56. The molecule has 8 heteroatoms. The number of aryl methyl sites for hydroxylation is 1. The molecule has 7 nitrogen and oxygen atoms in total. The molecule has 0 spiro atoms. The first kappa shape index (κ1) is 24.1. The van der Waals surface area contributed by atoms with E-state index in [1.54, 1.807) is 19.1 Å². The number of nitrogens with zero attached hydrogens (tertiary/aromatic N) is 2. The summed E-state index contributed by atoms with van der Waals surface area (Å²) in [4.78, 5) is 29.9. The van der Waals surface area contributed by atoms with E-state index in [-0.39, 0.29) is 23.8 Å². The van der Waals surface area contributed by atoms with E-state index in [0.29, 0.717) is 16.5 Å². The Morgan fingerprint density at radius 3 is 2.76 bits per heavy atom. The number of esters is 1. The van der Waals surface area contributed by atoms with E-state index in [0.717, 1.165) is 16.8 Å². The van der Waals surface area contributed by atoms with Crippen molar-refractivity contribution in [2.75, 3.05) is 17.7 Å². The zero-order chi connectivity index (χ0) is 24.0. The molecule has 1 aliphatic heterocycles. The van der Waals surface area contributed by atoms with Gasteiger partial charge in [0.1, 0.15) is 18.3 Å². The molecule has 0 fully saturated rings. The molecule has 0 saturated carbocycles. The number of rotatable bonds is 7. The van der Waals surface area contributed by atoms with E-state index < -0.39 is 17.8 Å². The zero-order valence-electron chi connectivity index (χ0n) is 18.8. The highest BCUT2D eigenvalue weighted by molar-refractivity contribution is 8.14. The third-order valence-electron chi connectivity index (χ3n) is 5.35. The van der Waals surface area contributed by atoms with Gasteiger partial charge in [-0.25, -0.2) is 9.79 Å². The van der Waals surface area contributed by atoms with Crippen LogP contribution in [0.1, 0.15) is 29.7 Å². The van der Waals surface area contributed by atoms with Crippen LogP contribution >= 0.6 is 11.8 Å². The average molecular weight is 464 g/mol. The molecule has 0 aliphatic carbocycles. The normalized spacial score (nSPS) is 17.7. The van der Waals surface area contributed by atoms with Gasteiger partial charge in [0.25, 0.3) is 0 Å². The summed E-state index contributed by atoms with van der Waals surface area (Å²) < 4.78 is 10.8. The highest BCUT2D eigenvalue weighted by Crippen LogP contribution is 2.41. The van der Waals surface area contributed by atoms with Gasteiger partial charge in [-0.3, -0.25) is 4.79 Å². The van der Waals surface area contributed by atoms with Crippen molar-refractivity contribution in [1.29, 1.82) is 5.26 Å². The van der Waals surface area contributed by atoms with Gasteiger partial charge in [-0.15, -0.1) is 0 Å². The first-order valence-corrected chi connectivity index (χ1v) is 11.3. The van der Waals surface area contributed by atoms with E-state index >= 15 is 0 Å². The number of nitrogens with one attached hydrogen (secondary N) is 1. The predicted molar refractivity (Wildman–Crippen MR) is 129 cm³/mol. The Kier molecular flexibility index (Phi) is 7.91. The number of hydrogen-bond donors (Lipinski definition) is 1. The number of nitriles is 1. The number of aliphatic imine (C=N–C) groups is 1. The third-order valence-corrected chi connectivity index (χ3v) is 6.40. The number of anilines is 1. The van der Waals surface area contributed by atoms with Crippen molar-refractivity contribution in [1.82, 2.24) is 0 Å². The molecule has 1 aromatic heterocycles. The molecule has 2 atom stereocenters. The number of benzene rings is 1.